The van der Waals surface area contributed by atoms with E-state index in [0.29, 0.717) is 18.7 Å². The van der Waals surface area contributed by atoms with Gasteiger partial charge in [0.1, 0.15) is 12.1 Å². The van der Waals surface area contributed by atoms with E-state index in [2.05, 4.69) is 36.5 Å². The highest BCUT2D eigenvalue weighted by Gasteiger charge is 2.32. The maximum absolute atomic E-state index is 13.4. The van der Waals surface area contributed by atoms with Gasteiger partial charge in [-0.25, -0.2) is 9.79 Å². The average molecular weight is 510 g/mol. The number of aromatic amines is 1. The number of aromatic nitrogens is 2. The highest BCUT2D eigenvalue weighted by molar-refractivity contribution is 6.08. The number of anilines is 1. The molecule has 4 heterocycles. The summed E-state index contributed by atoms with van der Waals surface area (Å²) in [6.45, 7) is 2.14. The number of urea groups is 1. The van der Waals surface area contributed by atoms with Crippen molar-refractivity contribution >= 4 is 46.3 Å². The molecule has 0 aliphatic carbocycles. The summed E-state index contributed by atoms with van der Waals surface area (Å²) < 4.78 is 0. The largest absolute Gasteiger partial charge is 0.341 e. The van der Waals surface area contributed by atoms with Crippen LogP contribution in [0, 0.1) is 0 Å². The third-order valence-electron chi connectivity index (χ3n) is 6.86. The van der Waals surface area contributed by atoms with Crippen molar-refractivity contribution in [2.24, 2.45) is 4.99 Å². The molecule has 5 amide bonds. The van der Waals surface area contributed by atoms with Gasteiger partial charge in [-0.1, -0.05) is 0 Å². The number of carbonyl (C=O) groups is 4. The molecule has 1 aromatic carbocycles. The van der Waals surface area contributed by atoms with Gasteiger partial charge in [0.15, 0.2) is 0 Å². The van der Waals surface area contributed by atoms with Gasteiger partial charge in [0.2, 0.25) is 17.8 Å². The van der Waals surface area contributed by atoms with Crippen LogP contribution in [0.1, 0.15) is 32.1 Å². The van der Waals surface area contributed by atoms with Crippen LogP contribution >= 0.6 is 0 Å². The second kappa shape index (κ2) is 10.8. The van der Waals surface area contributed by atoms with Crippen molar-refractivity contribution in [2.45, 2.75) is 44.2 Å². The van der Waals surface area contributed by atoms with Crippen LogP contribution in [0.2, 0.25) is 0 Å². The highest BCUT2D eigenvalue weighted by Crippen LogP contribution is 2.19. The van der Waals surface area contributed by atoms with E-state index in [-0.39, 0.29) is 30.9 Å². The van der Waals surface area contributed by atoms with Crippen molar-refractivity contribution < 1.29 is 19.2 Å². The zero-order chi connectivity index (χ0) is 25.8. The smallest absolute Gasteiger partial charge is 0.315 e. The summed E-state index contributed by atoms with van der Waals surface area (Å²) in [7, 11) is 0. The maximum Gasteiger partial charge on any atom is 0.315 e. The molecule has 3 aliphatic rings. The van der Waals surface area contributed by atoms with E-state index in [4.69, 9.17) is 0 Å². The van der Waals surface area contributed by atoms with Crippen LogP contribution in [0.5, 0.6) is 0 Å². The number of fused-ring (bicyclic) bond motifs is 1. The summed E-state index contributed by atoms with van der Waals surface area (Å²) in [4.78, 5) is 58.5. The van der Waals surface area contributed by atoms with Crippen LogP contribution in [0.25, 0.3) is 10.9 Å². The average Bonchev–Trinajstić information content (AvgIpc) is 3.64. The third-order valence-corrected chi connectivity index (χ3v) is 6.86. The maximum atomic E-state index is 13.4. The van der Waals surface area contributed by atoms with Gasteiger partial charge < -0.3 is 25.8 Å². The number of hydrogen-bond donors (Lipinski definition) is 5. The minimum atomic E-state index is -0.769. The van der Waals surface area contributed by atoms with E-state index in [1.165, 1.54) is 0 Å². The Hall–Kier alpha value is -4.16. The molecule has 0 saturated carbocycles. The fourth-order valence-corrected chi connectivity index (χ4v) is 4.81. The second-order valence-electron chi connectivity index (χ2n) is 9.53. The summed E-state index contributed by atoms with van der Waals surface area (Å²) in [6, 6.07) is 3.55. The van der Waals surface area contributed by atoms with E-state index >= 15 is 0 Å². The molecular formula is C24H31N9O4. The lowest BCUT2D eigenvalue weighted by Crippen LogP contribution is -2.49. The number of hydrogen-bond acceptors (Lipinski definition) is 6. The first kappa shape index (κ1) is 24.5. The van der Waals surface area contributed by atoms with Gasteiger partial charge in [-0.15, -0.1) is 0 Å². The first-order valence-electron chi connectivity index (χ1n) is 12.7. The van der Waals surface area contributed by atoms with E-state index in [1.54, 1.807) is 16.0 Å². The van der Waals surface area contributed by atoms with Gasteiger partial charge in [0.05, 0.1) is 18.3 Å². The van der Waals surface area contributed by atoms with Gasteiger partial charge in [0.25, 0.3) is 5.91 Å². The van der Waals surface area contributed by atoms with Gasteiger partial charge >= 0.3 is 6.03 Å². The fraction of sp³-hybridized carbons (Fsp3) is 0.500. The molecule has 2 aromatic rings. The molecule has 0 radical (unpaired) electrons. The van der Waals surface area contributed by atoms with Crippen LogP contribution in [-0.2, 0) is 14.4 Å². The van der Waals surface area contributed by atoms with Crippen LogP contribution in [0.3, 0.4) is 0 Å². The SMILES string of the molecule is O=C1NCC(C(=O)NC(=NC2CCCCN(CC(=O)N3CCCC3)C2=O)Nc2ccc3cn[nH]c3c2)N1. The molecule has 13 heteroatoms. The number of nitrogens with one attached hydrogen (secondary N) is 5. The number of rotatable bonds is 5. The third kappa shape index (κ3) is 5.81. The normalized spacial score (nSPS) is 22.5. The summed E-state index contributed by atoms with van der Waals surface area (Å²) >= 11 is 0. The lowest BCUT2D eigenvalue weighted by molar-refractivity contribution is -0.140. The summed E-state index contributed by atoms with van der Waals surface area (Å²) in [5.74, 6) is -0.650. The van der Waals surface area contributed by atoms with E-state index < -0.39 is 24.0 Å². The number of nitrogens with zero attached hydrogens (tertiary/aromatic N) is 4. The van der Waals surface area contributed by atoms with Gasteiger partial charge in [-0.05, 0) is 50.3 Å². The molecule has 3 aliphatic heterocycles. The van der Waals surface area contributed by atoms with Crippen molar-refractivity contribution in [3.05, 3.63) is 24.4 Å². The van der Waals surface area contributed by atoms with Crippen LogP contribution in [-0.4, -0.2) is 94.5 Å². The predicted octanol–water partition coefficient (Wildman–Crippen LogP) is 0.132. The number of benzene rings is 1. The first-order chi connectivity index (χ1) is 18.0. The molecule has 2 unspecified atom stereocenters. The van der Waals surface area contributed by atoms with Gasteiger partial charge in [0, 0.05) is 37.3 Å². The topological polar surface area (TPSA) is 164 Å². The van der Waals surface area contributed by atoms with Crippen molar-refractivity contribution in [3.63, 3.8) is 0 Å². The monoisotopic (exact) mass is 509 g/mol. The molecule has 0 bridgehead atoms. The number of H-pyrrole nitrogens is 1. The molecule has 0 spiro atoms. The lowest BCUT2D eigenvalue weighted by Gasteiger charge is -2.25. The van der Waals surface area contributed by atoms with Crippen LogP contribution < -0.4 is 21.3 Å². The first-order valence-corrected chi connectivity index (χ1v) is 12.7. The van der Waals surface area contributed by atoms with E-state index in [1.807, 2.05) is 18.2 Å². The second-order valence-corrected chi connectivity index (χ2v) is 9.53. The predicted molar refractivity (Wildman–Crippen MR) is 136 cm³/mol. The Morgan fingerprint density at radius 3 is 2.70 bits per heavy atom. The van der Waals surface area contributed by atoms with Crippen molar-refractivity contribution in [3.8, 4) is 0 Å². The molecule has 13 nitrogen and oxygen atoms in total. The molecule has 3 fully saturated rings. The molecule has 5 rings (SSSR count). The number of guanidine groups is 1. The molecule has 5 N–H and O–H groups in total. The Balaban J connectivity index is 1.36. The number of likely N-dealkylation sites (tertiary alicyclic amines) is 2. The summed E-state index contributed by atoms with van der Waals surface area (Å²) in [5.41, 5.74) is 1.42. The van der Waals surface area contributed by atoms with Crippen LogP contribution in [0.4, 0.5) is 10.5 Å². The number of aliphatic imine (C=N–C) groups is 1. The molecular weight excluding hydrogens is 478 g/mol. The number of carbonyl (C=O) groups excluding carboxylic acids is 4. The lowest BCUT2D eigenvalue weighted by atomic mass is 10.1. The standard InChI is InChI=1S/C24H31N9O4/c34-20(32-8-3-4-9-32)14-33-10-2-1-5-17(22(33)36)28-23(30-21(35)19-13-25-24(37)29-19)27-16-7-6-15-12-26-31-18(15)11-16/h6-7,11-12,17,19H,1-5,8-10,13-14H2,(H,26,31)(H2,25,29,37)(H2,27,28,30,35). The molecule has 37 heavy (non-hydrogen) atoms. The molecule has 1 aromatic heterocycles. The summed E-state index contributed by atoms with van der Waals surface area (Å²) in [5, 5.41) is 18.8. The van der Waals surface area contributed by atoms with E-state index in [9.17, 15) is 19.2 Å². The summed E-state index contributed by atoms with van der Waals surface area (Å²) in [6.07, 6.45) is 5.71. The zero-order valence-electron chi connectivity index (χ0n) is 20.5. The van der Waals surface area contributed by atoms with Gasteiger partial charge in [-0.2, -0.15) is 5.10 Å². The van der Waals surface area contributed by atoms with Crippen molar-refractivity contribution in [1.82, 2.24) is 35.9 Å². The highest BCUT2D eigenvalue weighted by atomic mass is 16.2. The number of amides is 5. The van der Waals surface area contributed by atoms with Crippen molar-refractivity contribution in [2.75, 3.05) is 38.0 Å². The Morgan fingerprint density at radius 1 is 1.11 bits per heavy atom. The molecule has 2 atom stereocenters. The Kier molecular flexibility index (Phi) is 7.19. The Bertz CT molecular complexity index is 1220. The fourth-order valence-electron chi connectivity index (χ4n) is 4.81. The Morgan fingerprint density at radius 2 is 1.92 bits per heavy atom. The minimum Gasteiger partial charge on any atom is -0.341 e. The van der Waals surface area contributed by atoms with E-state index in [0.717, 1.165) is 49.7 Å². The molecule has 3 saturated heterocycles. The van der Waals surface area contributed by atoms with Crippen molar-refractivity contribution in [1.29, 1.82) is 0 Å². The minimum absolute atomic E-state index is 0.0379. The quantitative estimate of drug-likeness (QED) is 0.284. The zero-order valence-corrected chi connectivity index (χ0v) is 20.5. The van der Waals surface area contributed by atoms with Crippen LogP contribution in [0.15, 0.2) is 29.4 Å². The van der Waals surface area contributed by atoms with Gasteiger partial charge in [-0.3, -0.25) is 24.8 Å². The Labute approximate surface area is 213 Å². The molecule has 196 valence electrons.